The molecule has 3 rings (SSSR count). The molecule has 2 aromatic carbocycles. The first kappa shape index (κ1) is 40.7. The summed E-state index contributed by atoms with van der Waals surface area (Å²) in [6, 6.07) is 7.38. The molecule has 1 heterocycles. The number of aromatic hydroxyl groups is 1. The molecule has 0 spiro atoms. The van der Waals surface area contributed by atoms with Crippen LogP contribution < -0.4 is 16.0 Å². The van der Waals surface area contributed by atoms with E-state index in [0.29, 0.717) is 36.1 Å². The number of nitrogens with zero attached hydrogens (tertiary/aromatic N) is 2. The topological polar surface area (TPSA) is 157 Å². The van der Waals surface area contributed by atoms with E-state index in [0.717, 1.165) is 0 Å². The van der Waals surface area contributed by atoms with Crippen LogP contribution in [-0.4, -0.2) is 95.5 Å². The molecule has 0 radical (unpaired) electrons. The summed E-state index contributed by atoms with van der Waals surface area (Å²) in [5, 5.41) is 18.8. The number of nitrogens with one attached hydrogen (secondary N) is 3. The van der Waals surface area contributed by atoms with Crippen LogP contribution in [0.5, 0.6) is 5.75 Å². The number of ether oxygens (including phenoxy) is 1. The predicted molar refractivity (Wildman–Crippen MR) is 191 cm³/mol. The Labute approximate surface area is 300 Å². The summed E-state index contributed by atoms with van der Waals surface area (Å²) in [4.78, 5) is 70.4. The van der Waals surface area contributed by atoms with Crippen LogP contribution in [0.3, 0.4) is 0 Å². The normalized spacial score (nSPS) is 18.9. The smallest absolute Gasteiger partial charge is 0.408 e. The minimum atomic E-state index is -1.17. The van der Waals surface area contributed by atoms with Crippen LogP contribution in [0.2, 0.25) is 0 Å². The van der Waals surface area contributed by atoms with E-state index < -0.39 is 58.8 Å². The van der Waals surface area contributed by atoms with Crippen molar-refractivity contribution in [1.82, 2.24) is 25.8 Å². The van der Waals surface area contributed by atoms with Crippen LogP contribution in [0.4, 0.5) is 9.18 Å². The van der Waals surface area contributed by atoms with E-state index in [4.69, 9.17) is 4.74 Å². The minimum absolute atomic E-state index is 0.00648. The van der Waals surface area contributed by atoms with E-state index in [-0.39, 0.29) is 43.9 Å². The Balaban J connectivity index is 2.00. The minimum Gasteiger partial charge on any atom is -0.508 e. The van der Waals surface area contributed by atoms with Crippen molar-refractivity contribution < 1.29 is 38.2 Å². The first-order chi connectivity index (χ1) is 23.8. The number of phenols is 1. The molecule has 1 saturated heterocycles. The zero-order chi connectivity index (χ0) is 38.1. The van der Waals surface area contributed by atoms with E-state index in [1.165, 1.54) is 48.2 Å². The number of benzene rings is 2. The number of phenolic OH excluding ortho intramolecular Hbond substituents is 1. The van der Waals surface area contributed by atoms with Crippen LogP contribution in [0.1, 0.15) is 83.9 Å². The molecule has 0 aromatic heterocycles. The summed E-state index contributed by atoms with van der Waals surface area (Å²) in [7, 11) is 2.99. The summed E-state index contributed by atoms with van der Waals surface area (Å²) in [6.07, 6.45) is 0.544. The highest BCUT2D eigenvalue weighted by Crippen LogP contribution is 2.32. The monoisotopic (exact) mass is 711 g/mol. The molecule has 5 amide bonds. The molecule has 1 aliphatic rings. The first-order valence-corrected chi connectivity index (χ1v) is 17.4. The van der Waals surface area contributed by atoms with Gasteiger partial charge in [0.1, 0.15) is 35.3 Å². The van der Waals surface area contributed by atoms with Gasteiger partial charge < -0.3 is 35.6 Å². The van der Waals surface area contributed by atoms with Gasteiger partial charge in [-0.15, -0.1) is 0 Å². The largest absolute Gasteiger partial charge is 0.508 e. The Morgan fingerprint density at radius 2 is 1.65 bits per heavy atom. The molecular weight excluding hydrogens is 657 g/mol. The van der Waals surface area contributed by atoms with E-state index in [1.54, 1.807) is 32.9 Å². The number of alkyl carbamates (subject to hydrolysis) is 1. The Hall–Kier alpha value is -4.68. The van der Waals surface area contributed by atoms with Crippen molar-refractivity contribution in [2.75, 3.05) is 27.2 Å². The second-order valence-corrected chi connectivity index (χ2v) is 15.2. The van der Waals surface area contributed by atoms with Crippen molar-refractivity contribution in [3.05, 3.63) is 65.0 Å². The van der Waals surface area contributed by atoms with Gasteiger partial charge in [0.05, 0.1) is 0 Å². The molecule has 1 aliphatic heterocycles. The zero-order valence-corrected chi connectivity index (χ0v) is 31.1. The van der Waals surface area contributed by atoms with Crippen LogP contribution in [0.15, 0.2) is 42.5 Å². The number of likely N-dealkylation sites (N-methyl/N-ethyl adjacent to an activating group) is 2. The zero-order valence-electron chi connectivity index (χ0n) is 31.1. The fourth-order valence-electron chi connectivity index (χ4n) is 5.91. The maximum Gasteiger partial charge on any atom is 0.408 e. The van der Waals surface area contributed by atoms with Gasteiger partial charge in [0.2, 0.25) is 23.6 Å². The molecule has 280 valence electrons. The highest BCUT2D eigenvalue weighted by Gasteiger charge is 2.37. The van der Waals surface area contributed by atoms with Gasteiger partial charge >= 0.3 is 6.09 Å². The number of amides is 5. The Morgan fingerprint density at radius 1 is 1.00 bits per heavy atom. The molecule has 1 unspecified atom stereocenters. The highest BCUT2D eigenvalue weighted by atomic mass is 19.1. The number of rotatable bonds is 7. The number of halogens is 1. The average molecular weight is 712 g/mol. The Kier molecular flexibility index (Phi) is 14.0. The van der Waals surface area contributed by atoms with Gasteiger partial charge in [-0.2, -0.15) is 0 Å². The molecule has 0 bridgehead atoms. The van der Waals surface area contributed by atoms with Crippen LogP contribution in [0.25, 0.3) is 0 Å². The average Bonchev–Trinajstić information content (AvgIpc) is 3.03. The molecule has 0 saturated carbocycles. The SMILES string of the molecule is CN1C(=O)[C@@H](N(C)C(=O)[C@H](Cc2ccc(F)cc2)NC(=O)OC(C)(C)C)CCCCNC(=O)CCNC(=O)C1Cc1ccc(O)c(C(C)(C)C)c1. The third-order valence-corrected chi connectivity index (χ3v) is 8.74. The standard InChI is InChI=1S/C38H54FN5O7/c1-37(2,3)27-21-25(14-17-31(27)45)23-30-33(47)41-20-18-32(46)40-19-10-9-11-29(35(49)44(30)8)43(7)34(48)28(42-36(50)51-38(4,5)6)22-24-12-15-26(39)16-13-24/h12-17,21,28-30,45H,9-11,18-20,22-23H2,1-8H3,(H,40,46)(H,41,47)(H,42,50)/t28-,29-,30?/m0/s1. The lowest BCUT2D eigenvalue weighted by molar-refractivity contribution is -0.148. The third-order valence-electron chi connectivity index (χ3n) is 8.74. The van der Waals surface area contributed by atoms with Gasteiger partial charge in [0, 0.05) is 46.4 Å². The van der Waals surface area contributed by atoms with Crippen LogP contribution >= 0.6 is 0 Å². The van der Waals surface area contributed by atoms with Gasteiger partial charge in [-0.1, -0.05) is 45.0 Å². The molecular formula is C38H54FN5O7. The molecule has 51 heavy (non-hydrogen) atoms. The summed E-state index contributed by atoms with van der Waals surface area (Å²) in [6.45, 7) is 11.4. The maximum absolute atomic E-state index is 14.5. The lowest BCUT2D eigenvalue weighted by atomic mass is 9.84. The predicted octanol–water partition coefficient (Wildman–Crippen LogP) is 3.97. The van der Waals surface area contributed by atoms with Crippen molar-refractivity contribution in [3.63, 3.8) is 0 Å². The van der Waals surface area contributed by atoms with Crippen LogP contribution in [-0.2, 0) is 42.2 Å². The number of hydrogen-bond acceptors (Lipinski definition) is 7. The molecule has 2 aromatic rings. The van der Waals surface area contributed by atoms with Crippen molar-refractivity contribution >= 4 is 29.7 Å². The van der Waals surface area contributed by atoms with Gasteiger partial charge in [0.25, 0.3) is 0 Å². The molecule has 3 atom stereocenters. The van der Waals surface area contributed by atoms with Crippen molar-refractivity contribution in [2.45, 2.75) is 109 Å². The first-order valence-electron chi connectivity index (χ1n) is 17.4. The highest BCUT2D eigenvalue weighted by molar-refractivity contribution is 5.94. The fourth-order valence-corrected chi connectivity index (χ4v) is 5.91. The summed E-state index contributed by atoms with van der Waals surface area (Å²) >= 11 is 0. The summed E-state index contributed by atoms with van der Waals surface area (Å²) in [5.41, 5.74) is 0.717. The second kappa shape index (κ2) is 17.5. The number of carbonyl (C=O) groups is 5. The Bertz CT molecular complexity index is 1550. The molecule has 0 aliphatic carbocycles. The quantitative estimate of drug-likeness (QED) is 0.339. The van der Waals surface area contributed by atoms with E-state index in [1.807, 2.05) is 26.8 Å². The lowest BCUT2D eigenvalue weighted by Gasteiger charge is -2.36. The van der Waals surface area contributed by atoms with Crippen molar-refractivity contribution in [3.8, 4) is 5.75 Å². The fraction of sp³-hybridized carbons (Fsp3) is 0.553. The third kappa shape index (κ3) is 12.3. The lowest BCUT2D eigenvalue weighted by Crippen LogP contribution is -2.58. The van der Waals surface area contributed by atoms with Gasteiger partial charge in [-0.3, -0.25) is 19.2 Å². The summed E-state index contributed by atoms with van der Waals surface area (Å²) < 4.78 is 19.1. The van der Waals surface area contributed by atoms with Gasteiger partial charge in [0.15, 0.2) is 0 Å². The van der Waals surface area contributed by atoms with Crippen LogP contribution in [0, 0.1) is 5.82 Å². The van der Waals surface area contributed by atoms with E-state index in [2.05, 4.69) is 16.0 Å². The summed E-state index contributed by atoms with van der Waals surface area (Å²) in [5.74, 6) is -2.10. The van der Waals surface area contributed by atoms with Gasteiger partial charge in [-0.05, 0) is 80.3 Å². The molecule has 13 heteroatoms. The number of hydrogen-bond donors (Lipinski definition) is 4. The van der Waals surface area contributed by atoms with E-state index in [9.17, 15) is 33.5 Å². The molecule has 4 N–H and O–H groups in total. The van der Waals surface area contributed by atoms with Crippen molar-refractivity contribution in [2.24, 2.45) is 0 Å². The Morgan fingerprint density at radius 3 is 2.27 bits per heavy atom. The van der Waals surface area contributed by atoms with Crippen molar-refractivity contribution in [1.29, 1.82) is 0 Å². The molecule has 12 nitrogen and oxygen atoms in total. The maximum atomic E-state index is 14.5. The van der Waals surface area contributed by atoms with Gasteiger partial charge in [-0.25, -0.2) is 9.18 Å². The molecule has 1 fully saturated rings. The second-order valence-electron chi connectivity index (χ2n) is 15.2. The van der Waals surface area contributed by atoms with E-state index >= 15 is 0 Å². The number of carbonyl (C=O) groups excluding carboxylic acids is 5.